The Labute approximate surface area is 275 Å². The van der Waals surface area contributed by atoms with Crippen LogP contribution in [0.2, 0.25) is 5.15 Å². The van der Waals surface area contributed by atoms with Gasteiger partial charge in [-0.05, 0) is 43.3 Å². The number of aromatic nitrogens is 4. The van der Waals surface area contributed by atoms with Crippen molar-refractivity contribution in [2.45, 2.75) is 31.0 Å². The molecule has 11 nitrogen and oxygen atoms in total. The molecule has 1 saturated heterocycles. The van der Waals surface area contributed by atoms with E-state index < -0.39 is 41.9 Å². The minimum Gasteiger partial charge on any atom is -0.459 e. The first-order chi connectivity index (χ1) is 21.7. The number of rotatable bonds is 8. The third kappa shape index (κ3) is 6.26. The fourth-order valence-corrected chi connectivity index (χ4v) is 5.91. The summed E-state index contributed by atoms with van der Waals surface area (Å²) in [6.07, 6.45) is -2.08. The van der Waals surface area contributed by atoms with Crippen LogP contribution in [0, 0.1) is 3.83 Å². The molecule has 1 fully saturated rings. The largest absolute Gasteiger partial charge is 0.459 e. The third-order valence-electron chi connectivity index (χ3n) is 7.25. The van der Waals surface area contributed by atoms with E-state index >= 15 is 0 Å². The zero-order valence-corrected chi connectivity index (χ0v) is 26.5. The second kappa shape index (κ2) is 12.9. The molecule has 1 aliphatic heterocycles. The molecule has 0 aliphatic carbocycles. The van der Waals surface area contributed by atoms with Crippen LogP contribution in [-0.2, 0) is 18.9 Å². The molecule has 0 amide bonds. The van der Waals surface area contributed by atoms with Gasteiger partial charge in [-0.2, -0.15) is 0 Å². The normalized spacial score (nSPS) is 20.9. The van der Waals surface area contributed by atoms with Crippen LogP contribution < -0.4 is 0 Å². The fourth-order valence-electron chi connectivity index (χ4n) is 5.09. The van der Waals surface area contributed by atoms with Crippen molar-refractivity contribution in [3.05, 3.63) is 123 Å². The number of benzene rings is 3. The molecule has 5 aromatic rings. The summed E-state index contributed by atoms with van der Waals surface area (Å²) in [5.74, 6) is -2.00. The van der Waals surface area contributed by atoms with Crippen LogP contribution in [0.25, 0.3) is 11.2 Å². The van der Waals surface area contributed by atoms with Crippen molar-refractivity contribution in [3.63, 3.8) is 0 Å². The molecule has 3 heterocycles. The summed E-state index contributed by atoms with van der Waals surface area (Å²) in [5.41, 5.74) is -0.266. The number of nitrogens with zero attached hydrogens (tertiary/aromatic N) is 4. The molecular formula is C32H24ClIN4O7. The van der Waals surface area contributed by atoms with E-state index in [1.807, 2.05) is 22.6 Å². The zero-order chi connectivity index (χ0) is 31.6. The number of halogens is 2. The lowest BCUT2D eigenvalue weighted by Crippen LogP contribution is -2.50. The summed E-state index contributed by atoms with van der Waals surface area (Å²) in [6, 6.07) is 25.1. The Balaban J connectivity index is 1.43. The summed E-state index contributed by atoms with van der Waals surface area (Å²) in [4.78, 5) is 53.0. The second-order valence-corrected chi connectivity index (χ2v) is 11.6. The summed E-state index contributed by atoms with van der Waals surface area (Å²) in [5, 5.41) is 0.115. The highest BCUT2D eigenvalue weighted by Crippen LogP contribution is 2.45. The Morgan fingerprint density at radius 3 is 2.02 bits per heavy atom. The maximum Gasteiger partial charge on any atom is 0.338 e. The zero-order valence-electron chi connectivity index (χ0n) is 23.6. The van der Waals surface area contributed by atoms with Crippen LogP contribution in [0.3, 0.4) is 0 Å². The highest BCUT2D eigenvalue weighted by Gasteiger charge is 2.60. The van der Waals surface area contributed by atoms with Gasteiger partial charge in [0, 0.05) is 22.6 Å². The van der Waals surface area contributed by atoms with Gasteiger partial charge >= 0.3 is 17.9 Å². The first-order valence-electron chi connectivity index (χ1n) is 13.7. The number of carbonyl (C=O) groups excluding carboxylic acids is 3. The summed E-state index contributed by atoms with van der Waals surface area (Å²) < 4.78 is 26.2. The van der Waals surface area contributed by atoms with Crippen LogP contribution in [0.1, 0.15) is 44.2 Å². The Morgan fingerprint density at radius 2 is 1.42 bits per heavy atom. The molecular weight excluding hydrogens is 715 g/mol. The van der Waals surface area contributed by atoms with Crippen LogP contribution in [0.4, 0.5) is 0 Å². The van der Waals surface area contributed by atoms with E-state index in [2.05, 4.69) is 15.0 Å². The molecule has 4 atom stereocenters. The quantitative estimate of drug-likeness (QED) is 0.0644. The lowest BCUT2D eigenvalue weighted by molar-refractivity contribution is -0.108. The number of hydrogen-bond acceptors (Lipinski definition) is 10. The lowest BCUT2D eigenvalue weighted by atomic mass is 9.95. The van der Waals surface area contributed by atoms with Crippen molar-refractivity contribution in [2.75, 3.05) is 6.61 Å². The maximum atomic E-state index is 13.6. The van der Waals surface area contributed by atoms with Gasteiger partial charge in [-0.1, -0.05) is 66.2 Å². The number of carbonyl (C=O) groups is 3. The molecule has 6 rings (SSSR count). The van der Waals surface area contributed by atoms with Gasteiger partial charge in [0.1, 0.15) is 18.2 Å². The van der Waals surface area contributed by atoms with Crippen molar-refractivity contribution >= 4 is 63.3 Å². The van der Waals surface area contributed by atoms with E-state index in [0.29, 0.717) is 15.0 Å². The first-order valence-corrected chi connectivity index (χ1v) is 15.2. The number of hydrogen-bond donors (Lipinski definition) is 0. The van der Waals surface area contributed by atoms with E-state index in [0.717, 1.165) is 0 Å². The van der Waals surface area contributed by atoms with Gasteiger partial charge < -0.3 is 18.9 Å². The lowest BCUT2D eigenvalue weighted by Gasteiger charge is -2.34. The fraction of sp³-hybridized carbons (Fsp3) is 0.188. The average Bonchev–Trinajstić information content (AvgIpc) is 3.59. The summed E-state index contributed by atoms with van der Waals surface area (Å²) in [6.45, 7) is 1.25. The predicted molar refractivity (Wildman–Crippen MR) is 170 cm³/mol. The van der Waals surface area contributed by atoms with Gasteiger partial charge in [0.15, 0.2) is 32.6 Å². The van der Waals surface area contributed by atoms with Crippen molar-refractivity contribution in [1.82, 2.24) is 19.5 Å². The van der Waals surface area contributed by atoms with E-state index in [-0.39, 0.29) is 28.4 Å². The van der Waals surface area contributed by atoms with Crippen LogP contribution >= 0.6 is 34.2 Å². The molecule has 45 heavy (non-hydrogen) atoms. The molecule has 0 bridgehead atoms. The van der Waals surface area contributed by atoms with Gasteiger partial charge in [0.25, 0.3) is 0 Å². The Morgan fingerprint density at radius 1 is 0.867 bits per heavy atom. The van der Waals surface area contributed by atoms with Crippen molar-refractivity contribution in [1.29, 1.82) is 0 Å². The highest BCUT2D eigenvalue weighted by molar-refractivity contribution is 14.1. The second-order valence-electron chi connectivity index (χ2n) is 10.2. The van der Waals surface area contributed by atoms with Crippen molar-refractivity contribution in [2.24, 2.45) is 0 Å². The molecule has 0 spiro atoms. The monoisotopic (exact) mass is 738 g/mol. The first kappa shape index (κ1) is 30.6. The van der Waals surface area contributed by atoms with E-state index in [9.17, 15) is 14.4 Å². The van der Waals surface area contributed by atoms with Gasteiger partial charge in [-0.3, -0.25) is 4.57 Å². The molecule has 0 saturated carbocycles. The number of fused-ring (bicyclic) bond motifs is 1. The summed E-state index contributed by atoms with van der Waals surface area (Å²) in [7, 11) is 0. The molecule has 0 radical (unpaired) electrons. The SMILES string of the molecule is CC1(OC(=O)c2ccccc2)[C@H](OC(=O)c2ccccc2)[C@@H](COC(=O)c2ccccc2)O[C@H]1n1cnc2c(Cl)nc(I)nc21. The molecule has 13 heteroatoms. The Hall–Kier alpha value is -4.40. The van der Waals surface area contributed by atoms with Crippen LogP contribution in [-0.4, -0.2) is 61.8 Å². The van der Waals surface area contributed by atoms with Crippen molar-refractivity contribution < 1.29 is 33.3 Å². The summed E-state index contributed by atoms with van der Waals surface area (Å²) >= 11 is 8.29. The third-order valence-corrected chi connectivity index (χ3v) is 8.00. The standard InChI is InChI=1S/C32H24ClIN4O7/c1-32(45-29(41)21-15-9-4-10-16-21)24(44-28(40)20-13-7-3-8-14-20)22(17-42-27(39)19-11-5-2-6-12-19)43-30(32)38-18-35-23-25(33)36-31(34)37-26(23)38/h2-16,18,22,24,30H,17H2,1H3/t22-,24-,30-,32?/m1/s1. The van der Waals surface area contributed by atoms with Crippen LogP contribution in [0.15, 0.2) is 97.3 Å². The predicted octanol–water partition coefficient (Wildman–Crippen LogP) is 5.68. The topological polar surface area (TPSA) is 132 Å². The van der Waals surface area contributed by atoms with Gasteiger partial charge in [-0.25, -0.2) is 29.3 Å². The van der Waals surface area contributed by atoms with E-state index in [4.69, 9.17) is 30.5 Å². The van der Waals surface area contributed by atoms with Crippen LogP contribution in [0.5, 0.6) is 0 Å². The Kier molecular flexibility index (Phi) is 8.79. The Bertz CT molecular complexity index is 1860. The molecule has 0 N–H and O–H groups in total. The van der Waals surface area contributed by atoms with Crippen molar-refractivity contribution in [3.8, 4) is 0 Å². The molecule has 2 aromatic heterocycles. The number of esters is 3. The van der Waals surface area contributed by atoms with E-state index in [1.165, 1.54) is 10.9 Å². The van der Waals surface area contributed by atoms with Gasteiger partial charge in [0.05, 0.1) is 23.0 Å². The molecule has 228 valence electrons. The highest BCUT2D eigenvalue weighted by atomic mass is 127. The minimum absolute atomic E-state index is 0.115. The minimum atomic E-state index is -1.70. The smallest absolute Gasteiger partial charge is 0.338 e. The molecule has 1 aliphatic rings. The molecule has 3 aromatic carbocycles. The maximum absolute atomic E-state index is 13.6. The van der Waals surface area contributed by atoms with Gasteiger partial charge in [-0.15, -0.1) is 0 Å². The molecule has 1 unspecified atom stereocenters. The number of ether oxygens (including phenoxy) is 4. The number of imidazole rings is 1. The van der Waals surface area contributed by atoms with E-state index in [1.54, 1.807) is 97.9 Å². The van der Waals surface area contributed by atoms with Gasteiger partial charge in [0.2, 0.25) is 0 Å². The average molecular weight is 739 g/mol.